The molecule has 2 amide bonds. The first-order valence-electron chi connectivity index (χ1n) is 10.2. The third-order valence-corrected chi connectivity index (χ3v) is 5.15. The Labute approximate surface area is 188 Å². The molecule has 162 valence electrons. The molecule has 3 heterocycles. The van der Waals surface area contributed by atoms with Crippen LogP contribution in [0.4, 0.5) is 11.4 Å². The van der Waals surface area contributed by atoms with Crippen LogP contribution < -0.4 is 10.3 Å². The minimum atomic E-state index is -1.03. The summed E-state index contributed by atoms with van der Waals surface area (Å²) in [5.74, 6) is -1.49. The Morgan fingerprint density at radius 3 is 2.67 bits per heavy atom. The van der Waals surface area contributed by atoms with E-state index < -0.39 is 17.7 Å². The maximum absolute atomic E-state index is 13.1. The smallest absolute Gasteiger partial charge is 0.265 e. The van der Waals surface area contributed by atoms with Gasteiger partial charge in [-0.25, -0.2) is 4.98 Å². The topological polar surface area (TPSA) is 114 Å². The summed E-state index contributed by atoms with van der Waals surface area (Å²) in [4.78, 5) is 38.6. The van der Waals surface area contributed by atoms with Gasteiger partial charge in [0.05, 0.1) is 29.5 Å². The second-order valence-electron chi connectivity index (χ2n) is 7.37. The Kier molecular flexibility index (Phi) is 5.19. The highest BCUT2D eigenvalue weighted by Gasteiger charge is 2.40. The van der Waals surface area contributed by atoms with Crippen molar-refractivity contribution in [3.63, 3.8) is 0 Å². The molecule has 9 heteroatoms. The van der Waals surface area contributed by atoms with Crippen LogP contribution in [0, 0.1) is 5.92 Å². The van der Waals surface area contributed by atoms with E-state index in [1.807, 2.05) is 12.1 Å². The fourth-order valence-corrected chi connectivity index (χ4v) is 3.61. The van der Waals surface area contributed by atoms with E-state index in [1.54, 1.807) is 68.1 Å². The average Bonchev–Trinajstić information content (AvgIpc) is 3.48. The van der Waals surface area contributed by atoms with Crippen LogP contribution in [0.5, 0.6) is 0 Å². The molecule has 1 unspecified atom stereocenters. The van der Waals surface area contributed by atoms with Crippen LogP contribution in [0.25, 0.3) is 22.7 Å². The molecule has 1 aliphatic heterocycles. The van der Waals surface area contributed by atoms with Crippen molar-refractivity contribution in [2.24, 2.45) is 11.0 Å². The number of hydrogen-bond donors (Lipinski definition) is 1. The van der Waals surface area contributed by atoms with Crippen LogP contribution in [0.1, 0.15) is 6.92 Å². The number of hydrazone groups is 1. The Balaban J connectivity index is 1.35. The summed E-state index contributed by atoms with van der Waals surface area (Å²) >= 11 is 0. The molecule has 0 fully saturated rings. The van der Waals surface area contributed by atoms with E-state index in [-0.39, 0.29) is 0 Å². The quantitative estimate of drug-likeness (QED) is 0.475. The molecule has 0 saturated heterocycles. The van der Waals surface area contributed by atoms with Gasteiger partial charge in [0.25, 0.3) is 5.91 Å². The number of carbonyl (C=O) groups excluding carboxylic acids is 2. The fourth-order valence-electron chi connectivity index (χ4n) is 3.61. The van der Waals surface area contributed by atoms with Crippen molar-refractivity contribution in [1.82, 2.24) is 15.0 Å². The van der Waals surface area contributed by atoms with Crippen molar-refractivity contribution in [1.29, 1.82) is 0 Å². The number of benzene rings is 2. The summed E-state index contributed by atoms with van der Waals surface area (Å²) in [6.07, 6.45) is 7.86. The number of nitrogens with one attached hydrogen (secondary N) is 1. The fraction of sp³-hybridized carbons (Fsp3) is 0.0833. The SMILES string of the molecule is CC1=NN(c2cccc(-c3ncco3)c2)C(=O)C1C(=O)Nc1cccc(-c2cnccn2)c1. The van der Waals surface area contributed by atoms with E-state index in [0.717, 1.165) is 5.56 Å². The van der Waals surface area contributed by atoms with E-state index in [4.69, 9.17) is 4.42 Å². The van der Waals surface area contributed by atoms with Gasteiger partial charge in [-0.1, -0.05) is 18.2 Å². The van der Waals surface area contributed by atoms with Gasteiger partial charge in [0.1, 0.15) is 6.26 Å². The van der Waals surface area contributed by atoms with Crippen LogP contribution in [-0.4, -0.2) is 32.5 Å². The lowest BCUT2D eigenvalue weighted by Crippen LogP contribution is -2.36. The van der Waals surface area contributed by atoms with Gasteiger partial charge < -0.3 is 9.73 Å². The van der Waals surface area contributed by atoms with Gasteiger partial charge in [-0.15, -0.1) is 0 Å². The standard InChI is InChI=1S/C24H18N6O3/c1-15-21(22(31)28-18-6-2-4-16(12-18)20-14-25-8-9-26-20)24(32)30(29-15)19-7-3-5-17(13-19)23-27-10-11-33-23/h2-14,21H,1H3,(H,28,31). The van der Waals surface area contributed by atoms with Gasteiger partial charge in [-0.05, 0) is 37.3 Å². The van der Waals surface area contributed by atoms with Crippen LogP contribution >= 0.6 is 0 Å². The number of oxazole rings is 1. The number of hydrogen-bond acceptors (Lipinski definition) is 7. The molecule has 1 aliphatic rings. The van der Waals surface area contributed by atoms with Crippen molar-refractivity contribution >= 4 is 28.9 Å². The van der Waals surface area contributed by atoms with Crippen molar-refractivity contribution in [2.75, 3.05) is 10.3 Å². The number of nitrogens with zero attached hydrogens (tertiary/aromatic N) is 5. The van der Waals surface area contributed by atoms with Crippen LogP contribution in [0.3, 0.4) is 0 Å². The minimum Gasteiger partial charge on any atom is -0.445 e. The zero-order valence-corrected chi connectivity index (χ0v) is 17.5. The molecule has 33 heavy (non-hydrogen) atoms. The molecular weight excluding hydrogens is 420 g/mol. The number of aromatic nitrogens is 3. The second-order valence-corrected chi connectivity index (χ2v) is 7.37. The van der Waals surface area contributed by atoms with E-state index in [2.05, 4.69) is 25.4 Å². The average molecular weight is 438 g/mol. The van der Waals surface area contributed by atoms with Gasteiger partial charge in [0, 0.05) is 29.2 Å². The summed E-state index contributed by atoms with van der Waals surface area (Å²) in [5.41, 5.74) is 3.66. The predicted octanol–water partition coefficient (Wildman–Crippen LogP) is 3.78. The van der Waals surface area contributed by atoms with Gasteiger partial charge in [-0.3, -0.25) is 19.6 Å². The van der Waals surface area contributed by atoms with E-state index in [0.29, 0.717) is 34.2 Å². The monoisotopic (exact) mass is 438 g/mol. The summed E-state index contributed by atoms with van der Waals surface area (Å²) in [7, 11) is 0. The maximum Gasteiger partial charge on any atom is 0.265 e. The van der Waals surface area contributed by atoms with E-state index >= 15 is 0 Å². The lowest BCUT2D eigenvalue weighted by molar-refractivity contribution is -0.127. The van der Waals surface area contributed by atoms with Gasteiger partial charge in [-0.2, -0.15) is 10.1 Å². The van der Waals surface area contributed by atoms with Gasteiger partial charge in [0.2, 0.25) is 11.8 Å². The van der Waals surface area contributed by atoms with E-state index in [9.17, 15) is 9.59 Å². The largest absolute Gasteiger partial charge is 0.445 e. The second kappa shape index (κ2) is 8.46. The molecule has 0 spiro atoms. The zero-order chi connectivity index (χ0) is 22.8. The lowest BCUT2D eigenvalue weighted by atomic mass is 10.0. The molecule has 5 rings (SSSR count). The first-order chi connectivity index (χ1) is 16.1. The Morgan fingerprint density at radius 1 is 1.03 bits per heavy atom. The van der Waals surface area contributed by atoms with Crippen molar-refractivity contribution in [3.8, 4) is 22.7 Å². The van der Waals surface area contributed by atoms with Crippen molar-refractivity contribution in [3.05, 3.63) is 79.6 Å². The summed E-state index contributed by atoms with van der Waals surface area (Å²) < 4.78 is 5.33. The zero-order valence-electron chi connectivity index (χ0n) is 17.5. The lowest BCUT2D eigenvalue weighted by Gasteiger charge is -2.15. The van der Waals surface area contributed by atoms with Crippen molar-refractivity contribution in [2.45, 2.75) is 6.92 Å². The number of amides is 2. The molecule has 0 bridgehead atoms. The number of rotatable bonds is 5. The molecule has 2 aromatic heterocycles. The minimum absolute atomic E-state index is 0.407. The molecule has 4 aromatic rings. The number of anilines is 2. The summed E-state index contributed by atoms with van der Waals surface area (Å²) in [5, 5.41) is 8.40. The first kappa shape index (κ1) is 20.3. The highest BCUT2D eigenvalue weighted by atomic mass is 16.3. The summed E-state index contributed by atoms with van der Waals surface area (Å²) in [6.45, 7) is 1.66. The Morgan fingerprint density at radius 2 is 1.88 bits per heavy atom. The van der Waals surface area contributed by atoms with Gasteiger partial charge in [0.15, 0.2) is 5.92 Å². The predicted molar refractivity (Wildman–Crippen MR) is 122 cm³/mol. The first-order valence-corrected chi connectivity index (χ1v) is 10.2. The highest BCUT2D eigenvalue weighted by molar-refractivity contribution is 6.28. The normalized spacial score (nSPS) is 15.4. The molecule has 2 aromatic carbocycles. The number of carbonyl (C=O) groups is 2. The molecule has 0 aliphatic carbocycles. The van der Waals surface area contributed by atoms with Gasteiger partial charge >= 0.3 is 0 Å². The Hall–Kier alpha value is -4.66. The highest BCUT2D eigenvalue weighted by Crippen LogP contribution is 2.29. The maximum atomic E-state index is 13.1. The third kappa shape index (κ3) is 3.99. The molecule has 1 N–H and O–H groups in total. The molecular formula is C24H18N6O3. The summed E-state index contributed by atoms with van der Waals surface area (Å²) in [6, 6.07) is 14.3. The molecule has 0 saturated carbocycles. The van der Waals surface area contributed by atoms with Crippen LogP contribution in [0.2, 0.25) is 0 Å². The van der Waals surface area contributed by atoms with E-state index in [1.165, 1.54) is 11.3 Å². The molecule has 1 atom stereocenters. The van der Waals surface area contributed by atoms with Crippen LogP contribution in [-0.2, 0) is 9.59 Å². The Bertz CT molecular complexity index is 1350. The van der Waals surface area contributed by atoms with Crippen molar-refractivity contribution < 1.29 is 14.0 Å². The van der Waals surface area contributed by atoms with Crippen LogP contribution in [0.15, 0.2) is 89.1 Å². The molecule has 9 nitrogen and oxygen atoms in total. The molecule has 0 radical (unpaired) electrons. The third-order valence-electron chi connectivity index (χ3n) is 5.15.